The number of hydrogen-bond acceptors (Lipinski definition) is 4. The predicted octanol–water partition coefficient (Wildman–Crippen LogP) is 2.53. The van der Waals surface area contributed by atoms with Crippen molar-refractivity contribution < 1.29 is 9.13 Å². The molecule has 0 radical (unpaired) electrons. The molecule has 0 saturated carbocycles. The predicted molar refractivity (Wildman–Crippen MR) is 77.1 cm³/mol. The minimum Gasteiger partial charge on any atom is -0.377 e. The van der Waals surface area contributed by atoms with Crippen LogP contribution in [-0.2, 0) is 10.8 Å². The average Bonchev–Trinajstić information content (AvgIpc) is 2.36. The van der Waals surface area contributed by atoms with Crippen LogP contribution in [0, 0.1) is 24.0 Å². The van der Waals surface area contributed by atoms with Gasteiger partial charge in [-0.15, -0.1) is 0 Å². The Bertz CT molecular complexity index is 521. The Morgan fingerprint density at radius 2 is 1.84 bits per heavy atom. The van der Waals surface area contributed by atoms with Gasteiger partial charge in [0.15, 0.2) is 0 Å². The summed E-state index contributed by atoms with van der Waals surface area (Å²) in [5.41, 5.74) is 2.65. The van der Waals surface area contributed by atoms with Gasteiger partial charge in [-0.3, -0.25) is 14.3 Å². The summed E-state index contributed by atoms with van der Waals surface area (Å²) in [6.45, 7) is 3.82. The van der Waals surface area contributed by atoms with E-state index in [1.807, 2.05) is 19.9 Å². The molecule has 1 aliphatic heterocycles. The van der Waals surface area contributed by atoms with Crippen LogP contribution in [0.15, 0.2) is 12.1 Å². The van der Waals surface area contributed by atoms with Crippen molar-refractivity contribution in [3.63, 3.8) is 0 Å². The third-order valence-corrected chi connectivity index (χ3v) is 4.94. The molecule has 0 aliphatic carbocycles. The van der Waals surface area contributed by atoms with E-state index in [2.05, 4.69) is 5.32 Å². The largest absolute Gasteiger partial charge is 0.377 e. The Morgan fingerprint density at radius 3 is 2.42 bits per heavy atom. The van der Waals surface area contributed by atoms with Crippen LogP contribution in [0.4, 0.5) is 11.4 Å². The molecule has 1 fully saturated rings. The van der Waals surface area contributed by atoms with Crippen LogP contribution in [0.5, 0.6) is 0 Å². The first-order chi connectivity index (χ1) is 8.97. The smallest absolute Gasteiger partial charge is 0.292 e. The lowest BCUT2D eigenvalue weighted by atomic mass is 10.1. The molecule has 6 heteroatoms. The van der Waals surface area contributed by atoms with Crippen molar-refractivity contribution in [3.05, 3.63) is 33.4 Å². The molecular weight excluding hydrogens is 264 g/mol. The van der Waals surface area contributed by atoms with Crippen LogP contribution in [0.25, 0.3) is 0 Å². The maximum Gasteiger partial charge on any atom is 0.292 e. The summed E-state index contributed by atoms with van der Waals surface area (Å²) in [7, 11) is -0.715. The number of hydrogen-bond donors (Lipinski definition) is 1. The molecule has 1 aromatic carbocycles. The zero-order valence-electron chi connectivity index (χ0n) is 11.1. The third kappa shape index (κ3) is 3.32. The molecule has 0 atom stereocenters. The maximum atomic E-state index is 11.3. The van der Waals surface area contributed by atoms with Gasteiger partial charge in [0.1, 0.15) is 5.69 Å². The van der Waals surface area contributed by atoms with Crippen molar-refractivity contribution in [2.75, 3.05) is 16.8 Å². The molecule has 0 unspecified atom stereocenters. The normalized spacial score (nSPS) is 23.1. The first-order valence-electron chi connectivity index (χ1n) is 6.34. The fourth-order valence-electron chi connectivity index (χ4n) is 2.23. The van der Waals surface area contributed by atoms with Crippen LogP contribution in [-0.4, -0.2) is 26.7 Å². The van der Waals surface area contributed by atoms with Crippen LogP contribution in [0.1, 0.15) is 24.0 Å². The zero-order valence-corrected chi connectivity index (χ0v) is 12.0. The van der Waals surface area contributed by atoms with Gasteiger partial charge in [0, 0.05) is 34.4 Å². The van der Waals surface area contributed by atoms with Crippen molar-refractivity contribution in [2.45, 2.75) is 32.7 Å². The number of nitro groups is 1. The molecule has 1 N–H and O–H groups in total. The minimum absolute atomic E-state index is 0.120. The van der Waals surface area contributed by atoms with Crippen LogP contribution < -0.4 is 5.32 Å². The quantitative estimate of drug-likeness (QED) is 0.683. The molecule has 1 aromatic rings. The number of anilines is 1. The minimum atomic E-state index is -0.715. The maximum absolute atomic E-state index is 11.3. The van der Waals surface area contributed by atoms with Gasteiger partial charge in [-0.1, -0.05) is 0 Å². The topological polar surface area (TPSA) is 72.2 Å². The lowest BCUT2D eigenvalue weighted by Crippen LogP contribution is -2.29. The van der Waals surface area contributed by atoms with Crippen molar-refractivity contribution in [2.24, 2.45) is 0 Å². The molecule has 19 heavy (non-hydrogen) atoms. The van der Waals surface area contributed by atoms with Gasteiger partial charge in [0.25, 0.3) is 5.69 Å². The van der Waals surface area contributed by atoms with E-state index in [-0.39, 0.29) is 16.7 Å². The van der Waals surface area contributed by atoms with E-state index in [1.165, 1.54) is 0 Å². The Morgan fingerprint density at radius 1 is 1.26 bits per heavy atom. The molecule has 0 aromatic heterocycles. The fraction of sp³-hybridized carbons (Fsp3) is 0.538. The summed E-state index contributed by atoms with van der Waals surface area (Å²) in [4.78, 5) is 10.7. The fourth-order valence-corrected chi connectivity index (χ4v) is 3.52. The molecular formula is C13H18N2O3S. The lowest BCUT2D eigenvalue weighted by molar-refractivity contribution is -0.384. The van der Waals surface area contributed by atoms with E-state index in [1.54, 1.807) is 6.07 Å². The molecule has 1 saturated heterocycles. The number of benzene rings is 1. The standard InChI is InChI=1S/C13H18N2O3S/c1-9-7-12(13(15(16)17)8-10(9)2)14-11-3-5-19(18)6-4-11/h7-8,11,14H,3-6H2,1-2H3. The second-order valence-electron chi connectivity index (χ2n) is 4.98. The summed E-state index contributed by atoms with van der Waals surface area (Å²) >= 11 is 0. The molecule has 5 nitrogen and oxygen atoms in total. The van der Waals surface area contributed by atoms with Crippen LogP contribution in [0.3, 0.4) is 0 Å². The number of aryl methyl sites for hydroxylation is 2. The van der Waals surface area contributed by atoms with Gasteiger partial charge in [0.05, 0.1) is 4.92 Å². The summed E-state index contributed by atoms with van der Waals surface area (Å²) < 4.78 is 11.3. The molecule has 0 amide bonds. The van der Waals surface area contributed by atoms with Gasteiger partial charge >= 0.3 is 0 Å². The van der Waals surface area contributed by atoms with Gasteiger partial charge in [-0.2, -0.15) is 0 Å². The van der Waals surface area contributed by atoms with Gasteiger partial charge in [-0.05, 0) is 43.9 Å². The number of nitro benzene ring substituents is 1. The summed E-state index contributed by atoms with van der Waals surface area (Å²) in [5.74, 6) is 1.35. The Hall–Kier alpha value is -1.43. The Kier molecular flexibility index (Phi) is 4.19. The van der Waals surface area contributed by atoms with E-state index in [9.17, 15) is 14.3 Å². The highest BCUT2D eigenvalue weighted by Crippen LogP contribution is 2.29. The second-order valence-corrected chi connectivity index (χ2v) is 6.67. The van der Waals surface area contributed by atoms with Crippen molar-refractivity contribution in [3.8, 4) is 0 Å². The molecule has 1 aliphatic rings. The van der Waals surface area contributed by atoms with Gasteiger partial charge < -0.3 is 5.32 Å². The van der Waals surface area contributed by atoms with Gasteiger partial charge in [0.2, 0.25) is 0 Å². The highest BCUT2D eigenvalue weighted by Gasteiger charge is 2.22. The van der Waals surface area contributed by atoms with E-state index in [0.717, 1.165) is 24.0 Å². The molecule has 104 valence electrons. The Balaban J connectivity index is 2.21. The SMILES string of the molecule is Cc1cc(NC2CCS(=O)CC2)c([N+](=O)[O-])cc1C. The summed E-state index contributed by atoms with van der Waals surface area (Å²) in [6, 6.07) is 3.62. The number of rotatable bonds is 3. The monoisotopic (exact) mass is 282 g/mol. The van der Waals surface area contributed by atoms with Crippen molar-refractivity contribution in [1.29, 1.82) is 0 Å². The van der Waals surface area contributed by atoms with Gasteiger partial charge in [-0.25, -0.2) is 0 Å². The lowest BCUT2D eigenvalue weighted by Gasteiger charge is -2.23. The highest BCUT2D eigenvalue weighted by molar-refractivity contribution is 7.85. The first kappa shape index (κ1) is 14.0. The molecule has 2 rings (SSSR count). The van der Waals surface area contributed by atoms with Crippen LogP contribution >= 0.6 is 0 Å². The van der Waals surface area contributed by atoms with Crippen LogP contribution in [0.2, 0.25) is 0 Å². The zero-order chi connectivity index (χ0) is 14.0. The molecule has 0 bridgehead atoms. The molecule has 1 heterocycles. The van der Waals surface area contributed by atoms with E-state index in [4.69, 9.17) is 0 Å². The van der Waals surface area contributed by atoms with Crippen molar-refractivity contribution in [1.82, 2.24) is 0 Å². The third-order valence-electron chi connectivity index (χ3n) is 3.56. The van der Waals surface area contributed by atoms with Crippen molar-refractivity contribution >= 4 is 22.2 Å². The van der Waals surface area contributed by atoms with E-state index < -0.39 is 10.8 Å². The highest BCUT2D eigenvalue weighted by atomic mass is 32.2. The number of nitrogens with zero attached hydrogens (tertiary/aromatic N) is 1. The Labute approximate surface area is 115 Å². The number of nitrogens with one attached hydrogen (secondary N) is 1. The van der Waals surface area contributed by atoms with E-state index in [0.29, 0.717) is 17.2 Å². The second kappa shape index (κ2) is 5.69. The first-order valence-corrected chi connectivity index (χ1v) is 7.83. The summed E-state index contributed by atoms with van der Waals surface area (Å²) in [6.07, 6.45) is 1.60. The average molecular weight is 282 g/mol. The van der Waals surface area contributed by atoms with E-state index >= 15 is 0 Å². The molecule has 0 spiro atoms. The summed E-state index contributed by atoms with van der Waals surface area (Å²) in [5, 5.41) is 14.3.